The maximum atomic E-state index is 11.0. The highest BCUT2D eigenvalue weighted by molar-refractivity contribution is 9.10. The molecule has 1 aromatic rings. The monoisotopic (exact) mass is 318 g/mol. The number of rotatable bonds is 5. The van der Waals surface area contributed by atoms with Gasteiger partial charge < -0.3 is 4.90 Å². The van der Waals surface area contributed by atoms with Gasteiger partial charge in [-0.15, -0.1) is 0 Å². The van der Waals surface area contributed by atoms with Gasteiger partial charge in [0.15, 0.2) is 0 Å². The van der Waals surface area contributed by atoms with Gasteiger partial charge in [0.25, 0.3) is 5.69 Å². The maximum Gasteiger partial charge on any atom is 0.293 e. The summed E-state index contributed by atoms with van der Waals surface area (Å²) < 4.78 is 0.721. The van der Waals surface area contributed by atoms with Crippen LogP contribution in [0.15, 0.2) is 22.7 Å². The number of thioether (sulfide) groups is 1. The van der Waals surface area contributed by atoms with Crippen LogP contribution in [0.25, 0.3) is 0 Å². The molecule has 1 atom stereocenters. The Bertz CT molecular complexity index is 414. The molecule has 0 fully saturated rings. The highest BCUT2D eigenvalue weighted by Gasteiger charge is 2.20. The Hall–Kier alpha value is -0.750. The number of anilines is 1. The molecule has 0 radical (unpaired) electrons. The van der Waals surface area contributed by atoms with Crippen LogP contribution in [0.2, 0.25) is 0 Å². The van der Waals surface area contributed by atoms with E-state index >= 15 is 0 Å². The average molecular weight is 319 g/mol. The molecule has 0 spiro atoms. The maximum absolute atomic E-state index is 11.0. The van der Waals surface area contributed by atoms with Crippen LogP contribution in [0.3, 0.4) is 0 Å². The van der Waals surface area contributed by atoms with Crippen molar-refractivity contribution in [2.24, 2.45) is 0 Å². The van der Waals surface area contributed by atoms with Crippen LogP contribution in [0.1, 0.15) is 6.92 Å². The van der Waals surface area contributed by atoms with Crippen molar-refractivity contribution in [1.82, 2.24) is 0 Å². The lowest BCUT2D eigenvalue weighted by molar-refractivity contribution is -0.384. The molecular weight excluding hydrogens is 304 g/mol. The van der Waals surface area contributed by atoms with Crippen molar-refractivity contribution < 1.29 is 4.92 Å². The molecule has 6 heteroatoms. The van der Waals surface area contributed by atoms with Crippen molar-refractivity contribution in [3.05, 3.63) is 32.8 Å². The molecule has 0 amide bonds. The third-order valence-corrected chi connectivity index (χ3v) is 3.89. The first-order valence-electron chi connectivity index (χ1n) is 5.13. The van der Waals surface area contributed by atoms with E-state index in [9.17, 15) is 10.1 Å². The lowest BCUT2D eigenvalue weighted by atomic mass is 10.2. The number of nitro benzene ring substituents is 1. The van der Waals surface area contributed by atoms with Crippen LogP contribution in [-0.4, -0.2) is 30.0 Å². The van der Waals surface area contributed by atoms with Crippen molar-refractivity contribution in [1.29, 1.82) is 0 Å². The second kappa shape index (κ2) is 6.26. The minimum atomic E-state index is -0.345. The molecule has 0 aromatic heterocycles. The smallest absolute Gasteiger partial charge is 0.293 e. The molecule has 1 aromatic carbocycles. The summed E-state index contributed by atoms with van der Waals surface area (Å²) in [6, 6.07) is 5.39. The Balaban J connectivity index is 3.08. The fourth-order valence-electron chi connectivity index (χ4n) is 1.53. The van der Waals surface area contributed by atoms with E-state index in [0.29, 0.717) is 5.69 Å². The van der Waals surface area contributed by atoms with Gasteiger partial charge in [-0.25, -0.2) is 0 Å². The van der Waals surface area contributed by atoms with Crippen LogP contribution in [0.5, 0.6) is 0 Å². The van der Waals surface area contributed by atoms with Crippen molar-refractivity contribution in [2.45, 2.75) is 13.0 Å². The third kappa shape index (κ3) is 3.61. The van der Waals surface area contributed by atoms with E-state index in [-0.39, 0.29) is 16.7 Å². The molecular formula is C11H15BrN2O2S. The molecule has 1 rings (SSSR count). The third-order valence-electron chi connectivity index (χ3n) is 2.58. The zero-order chi connectivity index (χ0) is 13.0. The molecule has 0 saturated carbocycles. The molecule has 0 aliphatic rings. The first kappa shape index (κ1) is 14.3. The standard InChI is InChI=1S/C11H15BrN2O2S/c1-8(7-17-3)13(2)10-5-4-9(12)6-11(10)14(15)16/h4-6,8H,7H2,1-3H3. The Kier molecular flexibility index (Phi) is 5.27. The molecule has 0 heterocycles. The molecule has 0 aliphatic carbocycles. The summed E-state index contributed by atoms with van der Waals surface area (Å²) >= 11 is 4.98. The summed E-state index contributed by atoms with van der Waals surface area (Å²) in [4.78, 5) is 12.6. The fourth-order valence-corrected chi connectivity index (χ4v) is 2.59. The van der Waals surface area contributed by atoms with Crippen molar-refractivity contribution in [3.63, 3.8) is 0 Å². The van der Waals surface area contributed by atoms with Gasteiger partial charge in [0.05, 0.1) is 4.92 Å². The molecule has 0 bridgehead atoms. The number of benzene rings is 1. The van der Waals surface area contributed by atoms with E-state index < -0.39 is 0 Å². The average Bonchev–Trinajstić information content (AvgIpc) is 2.28. The van der Waals surface area contributed by atoms with Crippen LogP contribution >= 0.6 is 27.7 Å². The quantitative estimate of drug-likeness (QED) is 0.615. The summed E-state index contributed by atoms with van der Waals surface area (Å²) in [5.74, 6) is 0.934. The van der Waals surface area contributed by atoms with E-state index in [1.807, 2.05) is 24.3 Å². The Morgan fingerprint density at radius 1 is 1.59 bits per heavy atom. The molecule has 94 valence electrons. The second-order valence-electron chi connectivity index (χ2n) is 3.81. The van der Waals surface area contributed by atoms with E-state index in [1.165, 1.54) is 6.07 Å². The predicted octanol–water partition coefficient (Wildman–Crippen LogP) is 3.55. The Morgan fingerprint density at radius 2 is 2.24 bits per heavy atom. The molecule has 17 heavy (non-hydrogen) atoms. The van der Waals surface area contributed by atoms with Crippen LogP contribution in [0, 0.1) is 10.1 Å². The highest BCUT2D eigenvalue weighted by Crippen LogP contribution is 2.31. The topological polar surface area (TPSA) is 46.4 Å². The van der Waals surface area contributed by atoms with E-state index in [2.05, 4.69) is 22.9 Å². The van der Waals surface area contributed by atoms with E-state index in [0.717, 1.165) is 10.2 Å². The SMILES string of the molecule is CSCC(C)N(C)c1ccc(Br)cc1[N+](=O)[O-]. The number of hydrogen-bond acceptors (Lipinski definition) is 4. The van der Waals surface area contributed by atoms with Gasteiger partial charge in [-0.2, -0.15) is 11.8 Å². The van der Waals surface area contributed by atoms with Gasteiger partial charge >= 0.3 is 0 Å². The van der Waals surface area contributed by atoms with Gasteiger partial charge in [-0.3, -0.25) is 10.1 Å². The zero-order valence-corrected chi connectivity index (χ0v) is 12.4. The van der Waals surface area contributed by atoms with Gasteiger partial charge in [-0.05, 0) is 25.3 Å². The summed E-state index contributed by atoms with van der Waals surface area (Å²) in [7, 11) is 1.89. The fraction of sp³-hybridized carbons (Fsp3) is 0.455. The van der Waals surface area contributed by atoms with Crippen molar-refractivity contribution in [2.75, 3.05) is 24.0 Å². The van der Waals surface area contributed by atoms with Gasteiger partial charge in [-0.1, -0.05) is 15.9 Å². The zero-order valence-electron chi connectivity index (χ0n) is 10.0. The van der Waals surface area contributed by atoms with E-state index in [4.69, 9.17) is 0 Å². The summed E-state index contributed by atoms with van der Waals surface area (Å²) in [5, 5.41) is 11.0. The van der Waals surface area contributed by atoms with Gasteiger partial charge in [0.2, 0.25) is 0 Å². The highest BCUT2D eigenvalue weighted by atomic mass is 79.9. The molecule has 4 nitrogen and oxygen atoms in total. The normalized spacial score (nSPS) is 12.2. The van der Waals surface area contributed by atoms with E-state index in [1.54, 1.807) is 17.8 Å². The number of nitrogens with zero attached hydrogens (tertiary/aromatic N) is 2. The molecule has 0 saturated heterocycles. The minimum Gasteiger partial charge on any atom is -0.366 e. The van der Waals surface area contributed by atoms with Gasteiger partial charge in [0.1, 0.15) is 5.69 Å². The Labute approximate surface area is 114 Å². The summed E-state index contributed by atoms with van der Waals surface area (Å²) in [6.07, 6.45) is 2.03. The van der Waals surface area contributed by atoms with Crippen molar-refractivity contribution >= 4 is 39.1 Å². The second-order valence-corrected chi connectivity index (χ2v) is 5.63. The first-order chi connectivity index (χ1) is 7.97. The largest absolute Gasteiger partial charge is 0.366 e. The number of hydrogen-bond donors (Lipinski definition) is 0. The lowest BCUT2D eigenvalue weighted by Crippen LogP contribution is -2.31. The van der Waals surface area contributed by atoms with Gasteiger partial charge in [0, 0.05) is 29.4 Å². The van der Waals surface area contributed by atoms with Crippen LogP contribution in [0.4, 0.5) is 11.4 Å². The number of halogens is 1. The lowest BCUT2D eigenvalue weighted by Gasteiger charge is -2.26. The number of nitro groups is 1. The summed E-state index contributed by atoms with van der Waals surface area (Å²) in [6.45, 7) is 2.06. The summed E-state index contributed by atoms with van der Waals surface area (Å²) in [5.41, 5.74) is 0.787. The van der Waals surface area contributed by atoms with Crippen LogP contribution < -0.4 is 4.90 Å². The van der Waals surface area contributed by atoms with Crippen LogP contribution in [-0.2, 0) is 0 Å². The molecule has 1 unspecified atom stereocenters. The minimum absolute atomic E-state index is 0.134. The molecule has 0 aliphatic heterocycles. The Morgan fingerprint density at radius 3 is 2.76 bits per heavy atom. The predicted molar refractivity (Wildman–Crippen MR) is 77.0 cm³/mol. The first-order valence-corrected chi connectivity index (χ1v) is 7.31. The van der Waals surface area contributed by atoms with Crippen molar-refractivity contribution in [3.8, 4) is 0 Å². The molecule has 0 N–H and O–H groups in total.